The highest BCUT2D eigenvalue weighted by Gasteiger charge is 2.36. The fraction of sp³-hybridized carbons (Fsp3) is 0.321. The van der Waals surface area contributed by atoms with Crippen LogP contribution in [-0.4, -0.2) is 39.9 Å². The first-order valence-electron chi connectivity index (χ1n) is 12.0. The summed E-state index contributed by atoms with van der Waals surface area (Å²) < 4.78 is 5.81. The summed E-state index contributed by atoms with van der Waals surface area (Å²) in [4.78, 5) is 4.92. The second-order valence-electron chi connectivity index (χ2n) is 9.34. The second kappa shape index (κ2) is 8.06. The summed E-state index contributed by atoms with van der Waals surface area (Å²) in [6.07, 6.45) is 10.8. The molecule has 0 spiro atoms. The Hall–Kier alpha value is -3.51. The predicted octanol–water partition coefficient (Wildman–Crippen LogP) is 4.76. The number of aryl methyl sites for hydroxylation is 1. The average Bonchev–Trinajstić information content (AvgIpc) is 2.82. The molecule has 6 rings (SSSR count). The fourth-order valence-corrected chi connectivity index (χ4v) is 5.80. The maximum atomic E-state index is 10.6. The highest BCUT2D eigenvalue weighted by molar-refractivity contribution is 6.15. The van der Waals surface area contributed by atoms with Crippen molar-refractivity contribution in [3.05, 3.63) is 88.2 Å². The van der Waals surface area contributed by atoms with Gasteiger partial charge in [-0.15, -0.1) is 0 Å². The molecule has 34 heavy (non-hydrogen) atoms. The number of hydrogen-bond donors (Lipinski definition) is 4. The van der Waals surface area contributed by atoms with Crippen LogP contribution in [0.15, 0.2) is 71.0 Å². The van der Waals surface area contributed by atoms with Gasteiger partial charge in [-0.3, -0.25) is 4.99 Å². The van der Waals surface area contributed by atoms with E-state index in [2.05, 4.69) is 41.7 Å². The van der Waals surface area contributed by atoms with E-state index in [-0.39, 0.29) is 11.5 Å². The van der Waals surface area contributed by atoms with E-state index in [1.807, 2.05) is 13.0 Å². The molecule has 2 aromatic rings. The van der Waals surface area contributed by atoms with Crippen molar-refractivity contribution in [2.75, 3.05) is 6.61 Å². The third-order valence-corrected chi connectivity index (χ3v) is 7.28. The molecule has 2 aromatic carbocycles. The molecule has 6 nitrogen and oxygen atoms in total. The molecule has 4 aliphatic rings. The summed E-state index contributed by atoms with van der Waals surface area (Å²) in [5.41, 5.74) is 5.78. The minimum atomic E-state index is -1.09. The first kappa shape index (κ1) is 21.1. The first-order chi connectivity index (χ1) is 16.5. The van der Waals surface area contributed by atoms with Crippen molar-refractivity contribution in [1.82, 2.24) is 5.32 Å². The Morgan fingerprint density at radius 3 is 2.82 bits per heavy atom. The number of nitrogens with one attached hydrogen (secondary N) is 1. The van der Waals surface area contributed by atoms with E-state index in [1.165, 1.54) is 46.9 Å². The number of aliphatic hydroxyl groups is 3. The second-order valence-corrected chi connectivity index (χ2v) is 9.34. The molecule has 4 N–H and O–H groups in total. The predicted molar refractivity (Wildman–Crippen MR) is 133 cm³/mol. The van der Waals surface area contributed by atoms with Crippen LogP contribution in [0.4, 0.5) is 0 Å². The van der Waals surface area contributed by atoms with Crippen LogP contribution in [0, 0.1) is 5.92 Å². The number of benzene rings is 2. The maximum Gasteiger partial charge on any atom is 0.190 e. The van der Waals surface area contributed by atoms with Crippen LogP contribution in [0.5, 0.6) is 0 Å². The molecule has 0 fully saturated rings. The quantitative estimate of drug-likeness (QED) is 0.532. The molecule has 1 aliphatic heterocycles. The van der Waals surface area contributed by atoms with Crippen molar-refractivity contribution in [2.45, 2.75) is 44.4 Å². The van der Waals surface area contributed by atoms with Crippen LogP contribution in [0.1, 0.15) is 47.9 Å². The Kier molecular flexibility index (Phi) is 4.99. The van der Waals surface area contributed by atoms with Crippen molar-refractivity contribution in [3.63, 3.8) is 0 Å². The standard InChI is InChI=1S/C28H28N2O4/c1-2-34-24-14-21(29-28(30-24)27-22(32)12-18(31)13-23(27)33)19-10-8-17-7-6-15-4-3-5-16-9-11-20(19)26(17)25(15)16/h6-14,16,22,27-28,30-33H,2-5H2,1H3. The number of aliphatic imine (C=N–C) groups is 1. The lowest BCUT2D eigenvalue weighted by Gasteiger charge is -2.33. The minimum Gasteiger partial charge on any atom is -0.512 e. The topological polar surface area (TPSA) is 94.3 Å². The van der Waals surface area contributed by atoms with E-state index in [1.54, 1.807) is 0 Å². The lowest BCUT2D eigenvalue weighted by molar-refractivity contribution is 0.0997. The summed E-state index contributed by atoms with van der Waals surface area (Å²) in [6.45, 7) is 2.37. The van der Waals surface area contributed by atoms with Gasteiger partial charge in [-0.25, -0.2) is 0 Å². The molecule has 4 unspecified atom stereocenters. The Morgan fingerprint density at radius 1 is 1.15 bits per heavy atom. The van der Waals surface area contributed by atoms with Gasteiger partial charge in [-0.2, -0.15) is 0 Å². The zero-order valence-corrected chi connectivity index (χ0v) is 19.0. The van der Waals surface area contributed by atoms with Crippen LogP contribution in [0.3, 0.4) is 0 Å². The van der Waals surface area contributed by atoms with Gasteiger partial charge in [-0.1, -0.05) is 36.4 Å². The molecule has 174 valence electrons. The van der Waals surface area contributed by atoms with Crippen molar-refractivity contribution < 1.29 is 20.1 Å². The minimum absolute atomic E-state index is 0.123. The number of hydrogen-bond acceptors (Lipinski definition) is 6. The van der Waals surface area contributed by atoms with Gasteiger partial charge in [0.15, 0.2) is 5.88 Å². The zero-order valence-electron chi connectivity index (χ0n) is 19.0. The van der Waals surface area contributed by atoms with Gasteiger partial charge >= 0.3 is 0 Å². The normalized spacial score (nSPS) is 27.4. The van der Waals surface area contributed by atoms with Crippen LogP contribution in [-0.2, 0) is 11.2 Å². The smallest absolute Gasteiger partial charge is 0.190 e. The van der Waals surface area contributed by atoms with Gasteiger partial charge in [0.1, 0.15) is 17.7 Å². The van der Waals surface area contributed by atoms with Gasteiger partial charge in [-0.05, 0) is 59.7 Å². The molecule has 1 heterocycles. The molecule has 6 heteroatoms. The highest BCUT2D eigenvalue weighted by Crippen LogP contribution is 2.44. The van der Waals surface area contributed by atoms with Gasteiger partial charge in [0.25, 0.3) is 0 Å². The third-order valence-electron chi connectivity index (χ3n) is 7.28. The van der Waals surface area contributed by atoms with Crippen LogP contribution in [0.25, 0.3) is 16.8 Å². The molecule has 0 saturated heterocycles. The Morgan fingerprint density at radius 2 is 2.00 bits per heavy atom. The van der Waals surface area contributed by atoms with Gasteiger partial charge in [0.05, 0.1) is 24.3 Å². The zero-order chi connectivity index (χ0) is 23.4. The molecule has 0 radical (unpaired) electrons. The van der Waals surface area contributed by atoms with Crippen molar-refractivity contribution in [1.29, 1.82) is 0 Å². The molecule has 3 aliphatic carbocycles. The molecule has 0 saturated carbocycles. The van der Waals surface area contributed by atoms with E-state index >= 15 is 0 Å². The van der Waals surface area contributed by atoms with E-state index in [4.69, 9.17) is 9.73 Å². The van der Waals surface area contributed by atoms with Crippen LogP contribution < -0.4 is 5.32 Å². The number of aliphatic hydroxyl groups excluding tert-OH is 3. The Balaban J connectivity index is 1.50. The SMILES string of the molecule is CCOC1=CC(c2ccc3ccc4c5c3c2C=CC5CCC4)=NC(C2C(O)=CC(O)=CC2O)N1. The van der Waals surface area contributed by atoms with Crippen molar-refractivity contribution >= 4 is 22.6 Å². The summed E-state index contributed by atoms with van der Waals surface area (Å²) in [7, 11) is 0. The summed E-state index contributed by atoms with van der Waals surface area (Å²) >= 11 is 0. The lowest BCUT2D eigenvalue weighted by atomic mass is 9.75. The molecular weight excluding hydrogens is 428 g/mol. The molecule has 0 aromatic heterocycles. The lowest BCUT2D eigenvalue weighted by Crippen LogP contribution is -2.45. The number of ether oxygens (including phenoxy) is 1. The van der Waals surface area contributed by atoms with Gasteiger partial charge in [0, 0.05) is 23.6 Å². The average molecular weight is 457 g/mol. The monoisotopic (exact) mass is 456 g/mol. The van der Waals surface area contributed by atoms with Gasteiger partial charge in [0.2, 0.25) is 0 Å². The van der Waals surface area contributed by atoms with E-state index in [9.17, 15) is 15.3 Å². The molecule has 4 atom stereocenters. The van der Waals surface area contributed by atoms with Crippen LogP contribution in [0.2, 0.25) is 0 Å². The van der Waals surface area contributed by atoms with Crippen molar-refractivity contribution in [3.8, 4) is 0 Å². The van der Waals surface area contributed by atoms with Gasteiger partial charge < -0.3 is 25.4 Å². The molecule has 0 bridgehead atoms. The highest BCUT2D eigenvalue weighted by atomic mass is 16.5. The number of allylic oxidation sites excluding steroid dienone is 3. The van der Waals surface area contributed by atoms with E-state index in [0.717, 1.165) is 23.3 Å². The Bertz CT molecular complexity index is 1330. The molecular formula is C28H28N2O4. The third kappa shape index (κ3) is 3.32. The maximum absolute atomic E-state index is 10.6. The van der Waals surface area contributed by atoms with Crippen LogP contribution >= 0.6 is 0 Å². The van der Waals surface area contributed by atoms with E-state index in [0.29, 0.717) is 18.4 Å². The number of nitrogens with zero attached hydrogens (tertiary/aromatic N) is 1. The summed E-state index contributed by atoms with van der Waals surface area (Å²) in [6, 6.07) is 8.75. The molecule has 0 amide bonds. The summed E-state index contributed by atoms with van der Waals surface area (Å²) in [5, 5.41) is 36.6. The van der Waals surface area contributed by atoms with Crippen molar-refractivity contribution in [2.24, 2.45) is 10.9 Å². The largest absolute Gasteiger partial charge is 0.512 e. The first-order valence-corrected chi connectivity index (χ1v) is 12.0. The van der Waals surface area contributed by atoms with E-state index < -0.39 is 18.2 Å². The summed E-state index contributed by atoms with van der Waals surface area (Å²) in [5.74, 6) is -0.0324. The fourth-order valence-electron chi connectivity index (χ4n) is 5.80. The Labute approximate surface area is 198 Å². The number of rotatable bonds is 4.